The van der Waals surface area contributed by atoms with Crippen molar-refractivity contribution >= 4 is 0 Å². The van der Waals surface area contributed by atoms with Crippen LogP contribution in [-0.4, -0.2) is 4.98 Å². The number of hydrogen-bond donors (Lipinski definition) is 0. The van der Waals surface area contributed by atoms with Crippen LogP contribution in [0.3, 0.4) is 0 Å². The highest BCUT2D eigenvalue weighted by molar-refractivity contribution is 5.26. The number of aromatic nitrogens is 1. The molecule has 1 nitrogen and oxygen atoms in total. The van der Waals surface area contributed by atoms with Crippen molar-refractivity contribution in [3.8, 4) is 0 Å². The molecule has 1 aromatic rings. The fourth-order valence-electron chi connectivity index (χ4n) is 1.63. The molecule has 1 aliphatic rings. The summed E-state index contributed by atoms with van der Waals surface area (Å²) in [6, 6.07) is 6.45. The van der Waals surface area contributed by atoms with Gasteiger partial charge in [0, 0.05) is 22.2 Å². The third-order valence-electron chi connectivity index (χ3n) is 3.14. The molecule has 0 bridgehead atoms. The van der Waals surface area contributed by atoms with Gasteiger partial charge < -0.3 is 0 Å². The molecule has 0 atom stereocenters. The van der Waals surface area contributed by atoms with Crippen molar-refractivity contribution in [3.05, 3.63) is 29.6 Å². The van der Waals surface area contributed by atoms with Gasteiger partial charge >= 0.3 is 0 Å². The van der Waals surface area contributed by atoms with Gasteiger partial charge in [-0.15, -0.1) is 0 Å². The minimum Gasteiger partial charge on any atom is -0.257 e. The highest BCUT2D eigenvalue weighted by Gasteiger charge is 2.40. The summed E-state index contributed by atoms with van der Waals surface area (Å²) in [6.07, 6.45) is 2.60. The van der Waals surface area contributed by atoms with Crippen molar-refractivity contribution < 1.29 is 0 Å². The Kier molecular flexibility index (Phi) is 1.95. The van der Waals surface area contributed by atoms with E-state index in [0.717, 1.165) is 0 Å². The first-order valence-corrected chi connectivity index (χ1v) is 5.40. The quantitative estimate of drug-likeness (QED) is 0.659. The molecule has 1 aliphatic carbocycles. The van der Waals surface area contributed by atoms with Crippen molar-refractivity contribution in [2.75, 3.05) is 0 Å². The molecule has 0 unspecified atom stereocenters. The fraction of sp³-hybridized carbons (Fsp3) is 0.615. The van der Waals surface area contributed by atoms with Crippen LogP contribution in [0.15, 0.2) is 18.2 Å². The molecule has 0 spiro atoms. The fourth-order valence-corrected chi connectivity index (χ4v) is 1.63. The second-order valence-corrected chi connectivity index (χ2v) is 5.72. The van der Waals surface area contributed by atoms with E-state index in [1.54, 1.807) is 0 Å². The highest BCUT2D eigenvalue weighted by atomic mass is 14.8. The first-order chi connectivity index (χ1) is 6.42. The monoisotopic (exact) mass is 189 g/mol. The maximum absolute atomic E-state index is 4.78. The molecule has 0 aliphatic heterocycles. The standard InChI is InChI=1S/C13H19N/c1-12(2,3)10-6-5-7-11(14-10)13(4)8-9-13/h5-7H,8-9H2,1-4H3. The lowest BCUT2D eigenvalue weighted by Crippen LogP contribution is -2.16. The van der Waals surface area contributed by atoms with Crippen LogP contribution >= 0.6 is 0 Å². The van der Waals surface area contributed by atoms with Gasteiger partial charge in [-0.05, 0) is 25.0 Å². The van der Waals surface area contributed by atoms with E-state index in [0.29, 0.717) is 5.41 Å². The lowest BCUT2D eigenvalue weighted by molar-refractivity contribution is 0.560. The summed E-state index contributed by atoms with van der Waals surface area (Å²) in [6.45, 7) is 8.96. The van der Waals surface area contributed by atoms with Gasteiger partial charge in [-0.3, -0.25) is 4.98 Å². The Bertz CT molecular complexity index is 322. The zero-order valence-corrected chi connectivity index (χ0v) is 9.59. The van der Waals surface area contributed by atoms with Gasteiger partial charge in [0.1, 0.15) is 0 Å². The highest BCUT2D eigenvalue weighted by Crippen LogP contribution is 2.46. The molecular formula is C13H19N. The van der Waals surface area contributed by atoms with Gasteiger partial charge in [-0.2, -0.15) is 0 Å². The third kappa shape index (κ3) is 1.68. The minimum absolute atomic E-state index is 0.168. The van der Waals surface area contributed by atoms with Crippen LogP contribution in [0.1, 0.15) is 51.9 Å². The van der Waals surface area contributed by atoms with Crippen LogP contribution in [0.25, 0.3) is 0 Å². The molecule has 0 saturated heterocycles. The Labute approximate surface area is 86.6 Å². The Morgan fingerprint density at radius 1 is 1.21 bits per heavy atom. The minimum atomic E-state index is 0.168. The lowest BCUT2D eigenvalue weighted by atomic mass is 9.91. The summed E-state index contributed by atoms with van der Waals surface area (Å²) in [5.41, 5.74) is 3.05. The molecule has 2 rings (SSSR count). The summed E-state index contributed by atoms with van der Waals surface area (Å²) in [5.74, 6) is 0. The van der Waals surface area contributed by atoms with Crippen LogP contribution in [0.4, 0.5) is 0 Å². The van der Waals surface area contributed by atoms with E-state index in [2.05, 4.69) is 45.9 Å². The smallest absolute Gasteiger partial charge is 0.0466 e. The molecule has 76 valence electrons. The molecule has 0 radical (unpaired) electrons. The van der Waals surface area contributed by atoms with E-state index in [1.165, 1.54) is 24.2 Å². The van der Waals surface area contributed by atoms with Crippen LogP contribution in [0, 0.1) is 0 Å². The summed E-state index contributed by atoms with van der Waals surface area (Å²) in [4.78, 5) is 4.78. The van der Waals surface area contributed by atoms with Gasteiger partial charge in [0.25, 0.3) is 0 Å². The second-order valence-electron chi connectivity index (χ2n) is 5.72. The number of pyridine rings is 1. The van der Waals surface area contributed by atoms with E-state index in [1.807, 2.05) is 0 Å². The molecule has 1 heterocycles. The first kappa shape index (κ1) is 9.70. The summed E-state index contributed by atoms with van der Waals surface area (Å²) >= 11 is 0. The zero-order valence-electron chi connectivity index (χ0n) is 9.59. The van der Waals surface area contributed by atoms with Crippen LogP contribution in [-0.2, 0) is 10.8 Å². The first-order valence-electron chi connectivity index (χ1n) is 5.40. The largest absolute Gasteiger partial charge is 0.257 e. The van der Waals surface area contributed by atoms with Crippen LogP contribution < -0.4 is 0 Å². The number of nitrogens with zero attached hydrogens (tertiary/aromatic N) is 1. The number of rotatable bonds is 1. The van der Waals surface area contributed by atoms with Gasteiger partial charge in [-0.25, -0.2) is 0 Å². The van der Waals surface area contributed by atoms with Gasteiger partial charge in [0.05, 0.1) is 0 Å². The van der Waals surface area contributed by atoms with Crippen molar-refractivity contribution in [2.24, 2.45) is 0 Å². The summed E-state index contributed by atoms with van der Waals surface area (Å²) in [7, 11) is 0. The molecular weight excluding hydrogens is 170 g/mol. The normalized spacial score (nSPS) is 19.4. The average molecular weight is 189 g/mol. The molecule has 1 saturated carbocycles. The third-order valence-corrected chi connectivity index (χ3v) is 3.14. The van der Waals surface area contributed by atoms with Crippen LogP contribution in [0.2, 0.25) is 0 Å². The maximum Gasteiger partial charge on any atom is 0.0466 e. The Morgan fingerprint density at radius 3 is 2.36 bits per heavy atom. The van der Waals surface area contributed by atoms with Gasteiger partial charge in [0.15, 0.2) is 0 Å². The van der Waals surface area contributed by atoms with Crippen molar-refractivity contribution in [1.29, 1.82) is 0 Å². The second kappa shape index (κ2) is 2.82. The predicted octanol–water partition coefficient (Wildman–Crippen LogP) is 3.43. The molecule has 1 fully saturated rings. The average Bonchev–Trinajstić information content (AvgIpc) is 2.84. The molecule has 14 heavy (non-hydrogen) atoms. The van der Waals surface area contributed by atoms with E-state index in [4.69, 9.17) is 4.98 Å². The zero-order chi connectivity index (χ0) is 10.4. The molecule has 1 aromatic heterocycles. The topological polar surface area (TPSA) is 12.9 Å². The Hall–Kier alpha value is -0.850. The predicted molar refractivity (Wildman–Crippen MR) is 59.5 cm³/mol. The maximum atomic E-state index is 4.78. The molecule has 0 aromatic carbocycles. The summed E-state index contributed by atoms with van der Waals surface area (Å²) in [5, 5.41) is 0. The molecule has 1 heteroatoms. The molecule has 0 N–H and O–H groups in total. The van der Waals surface area contributed by atoms with Crippen molar-refractivity contribution in [2.45, 2.75) is 51.4 Å². The Morgan fingerprint density at radius 2 is 1.86 bits per heavy atom. The van der Waals surface area contributed by atoms with Crippen LogP contribution in [0.5, 0.6) is 0 Å². The van der Waals surface area contributed by atoms with E-state index < -0.39 is 0 Å². The van der Waals surface area contributed by atoms with Crippen molar-refractivity contribution in [1.82, 2.24) is 4.98 Å². The van der Waals surface area contributed by atoms with E-state index in [-0.39, 0.29) is 5.41 Å². The van der Waals surface area contributed by atoms with Crippen molar-refractivity contribution in [3.63, 3.8) is 0 Å². The lowest BCUT2D eigenvalue weighted by Gasteiger charge is -2.19. The number of hydrogen-bond acceptors (Lipinski definition) is 1. The van der Waals surface area contributed by atoms with E-state index >= 15 is 0 Å². The van der Waals surface area contributed by atoms with Gasteiger partial charge in [-0.1, -0.05) is 33.8 Å². The Balaban J connectivity index is 2.37. The summed E-state index contributed by atoms with van der Waals surface area (Å²) < 4.78 is 0. The SMILES string of the molecule is CC(C)(C)c1cccc(C2(C)CC2)n1. The van der Waals surface area contributed by atoms with Gasteiger partial charge in [0.2, 0.25) is 0 Å². The van der Waals surface area contributed by atoms with E-state index in [9.17, 15) is 0 Å². The molecule has 0 amide bonds.